The quantitative estimate of drug-likeness (QED) is 0.774. The Balaban J connectivity index is 2.17. The van der Waals surface area contributed by atoms with Crippen LogP contribution in [0.15, 0.2) is 47.4 Å². The molecule has 9 heteroatoms. The number of benzene rings is 2. The molecule has 0 radical (unpaired) electrons. The topological polar surface area (TPSA) is 75.7 Å². The van der Waals surface area contributed by atoms with E-state index in [2.05, 4.69) is 5.32 Å². The van der Waals surface area contributed by atoms with Crippen LogP contribution in [0.2, 0.25) is 5.02 Å². The maximum absolute atomic E-state index is 12.9. The van der Waals surface area contributed by atoms with Gasteiger partial charge in [0.1, 0.15) is 16.5 Å². The van der Waals surface area contributed by atoms with Gasteiger partial charge in [0.2, 0.25) is 15.9 Å². The van der Waals surface area contributed by atoms with Gasteiger partial charge in [0.05, 0.1) is 13.2 Å². The third-order valence-corrected chi connectivity index (χ3v) is 5.45. The Bertz CT molecular complexity index is 888. The monoisotopic (exact) mass is 400 g/mol. The van der Waals surface area contributed by atoms with Crippen molar-refractivity contribution in [2.24, 2.45) is 0 Å². The minimum Gasteiger partial charge on any atom is -0.492 e. The van der Waals surface area contributed by atoms with Gasteiger partial charge >= 0.3 is 0 Å². The molecule has 2 rings (SSSR count). The normalized spacial score (nSPS) is 11.4. The van der Waals surface area contributed by atoms with E-state index in [1.54, 1.807) is 6.92 Å². The smallest absolute Gasteiger partial charge is 0.247 e. The molecular weight excluding hydrogens is 383 g/mol. The summed E-state index contributed by atoms with van der Waals surface area (Å²) < 4.78 is 44.7. The number of likely N-dealkylation sites (N-methyl/N-ethyl adjacent to an activating group) is 1. The van der Waals surface area contributed by atoms with Crippen molar-refractivity contribution in [1.82, 2.24) is 4.31 Å². The molecule has 0 aromatic heterocycles. The number of sulfonamides is 1. The van der Waals surface area contributed by atoms with Crippen LogP contribution in [0.3, 0.4) is 0 Å². The molecule has 140 valence electrons. The van der Waals surface area contributed by atoms with Gasteiger partial charge in [-0.3, -0.25) is 4.79 Å². The van der Waals surface area contributed by atoms with Gasteiger partial charge in [-0.25, -0.2) is 12.8 Å². The molecule has 2 aromatic rings. The lowest BCUT2D eigenvalue weighted by Gasteiger charge is -2.19. The van der Waals surface area contributed by atoms with Crippen molar-refractivity contribution in [3.63, 3.8) is 0 Å². The Kier molecular flexibility index (Phi) is 6.57. The van der Waals surface area contributed by atoms with Gasteiger partial charge in [0.15, 0.2) is 0 Å². The van der Waals surface area contributed by atoms with E-state index in [0.29, 0.717) is 5.69 Å². The zero-order chi connectivity index (χ0) is 19.3. The maximum Gasteiger partial charge on any atom is 0.247 e. The van der Waals surface area contributed by atoms with Crippen molar-refractivity contribution in [1.29, 1.82) is 0 Å². The van der Waals surface area contributed by atoms with E-state index in [4.69, 9.17) is 16.3 Å². The first-order valence-corrected chi connectivity index (χ1v) is 9.50. The molecule has 0 fully saturated rings. The first-order chi connectivity index (χ1) is 12.2. The third-order valence-electron chi connectivity index (χ3n) is 3.39. The second-order valence-electron chi connectivity index (χ2n) is 5.34. The lowest BCUT2D eigenvalue weighted by atomic mass is 10.3. The molecular formula is C17H18ClFN2O4S. The fourth-order valence-electron chi connectivity index (χ4n) is 2.15. The number of anilines is 1. The van der Waals surface area contributed by atoms with Crippen LogP contribution in [0.1, 0.15) is 6.92 Å². The summed E-state index contributed by atoms with van der Waals surface area (Å²) in [5.41, 5.74) is 0.361. The van der Waals surface area contributed by atoms with Crippen LogP contribution < -0.4 is 10.1 Å². The van der Waals surface area contributed by atoms with Crippen LogP contribution in [0.5, 0.6) is 5.75 Å². The third kappa shape index (κ3) is 4.94. The molecule has 26 heavy (non-hydrogen) atoms. The lowest BCUT2D eigenvalue weighted by molar-refractivity contribution is -0.116. The second kappa shape index (κ2) is 8.48. The molecule has 0 saturated carbocycles. The molecule has 0 saturated heterocycles. The van der Waals surface area contributed by atoms with Crippen molar-refractivity contribution in [2.45, 2.75) is 11.8 Å². The Morgan fingerprint density at radius 3 is 2.50 bits per heavy atom. The van der Waals surface area contributed by atoms with E-state index in [0.717, 1.165) is 4.31 Å². The summed E-state index contributed by atoms with van der Waals surface area (Å²) in [5, 5.41) is 2.74. The van der Waals surface area contributed by atoms with E-state index in [1.807, 2.05) is 0 Å². The Labute approximate surface area is 156 Å². The predicted octanol–water partition coefficient (Wildman–Crippen LogP) is 3.14. The highest BCUT2D eigenvalue weighted by molar-refractivity contribution is 7.89. The highest BCUT2D eigenvalue weighted by Gasteiger charge is 2.27. The van der Waals surface area contributed by atoms with Crippen LogP contribution in [-0.2, 0) is 14.8 Å². The number of ether oxygens (including phenoxy) is 1. The number of rotatable bonds is 7. The minimum atomic E-state index is -4.01. The summed E-state index contributed by atoms with van der Waals surface area (Å²) in [5.74, 6) is -0.850. The van der Waals surface area contributed by atoms with Crippen LogP contribution in [-0.4, -0.2) is 38.8 Å². The van der Waals surface area contributed by atoms with E-state index >= 15 is 0 Å². The van der Waals surface area contributed by atoms with Crippen molar-refractivity contribution >= 4 is 33.2 Å². The van der Waals surface area contributed by atoms with Crippen molar-refractivity contribution in [3.8, 4) is 5.75 Å². The molecule has 0 aliphatic heterocycles. The van der Waals surface area contributed by atoms with Crippen molar-refractivity contribution in [3.05, 3.63) is 53.3 Å². The Hall–Kier alpha value is -2.16. The van der Waals surface area contributed by atoms with Gasteiger partial charge < -0.3 is 10.1 Å². The standard InChI is InChI=1S/C17H18ClFN2O4S/c1-3-25-15-9-4-12(18)10-16(15)26(23,24)21(2)11-17(22)20-14-7-5-13(19)6-8-14/h4-10H,3,11H2,1-2H3,(H,20,22). The average molecular weight is 401 g/mol. The largest absolute Gasteiger partial charge is 0.492 e. The summed E-state index contributed by atoms with van der Waals surface area (Å²) in [6, 6.07) is 9.40. The van der Waals surface area contributed by atoms with Crippen LogP contribution in [0.25, 0.3) is 0 Å². The van der Waals surface area contributed by atoms with Crippen molar-refractivity contribution < 1.29 is 22.3 Å². The molecule has 0 atom stereocenters. The Morgan fingerprint density at radius 1 is 1.23 bits per heavy atom. The highest BCUT2D eigenvalue weighted by Crippen LogP contribution is 2.29. The average Bonchev–Trinajstić information content (AvgIpc) is 2.58. The number of carbonyl (C=O) groups is 1. The second-order valence-corrected chi connectivity index (χ2v) is 7.79. The summed E-state index contributed by atoms with van der Waals surface area (Å²) in [6.45, 7) is 1.57. The first-order valence-electron chi connectivity index (χ1n) is 7.68. The molecule has 0 bridgehead atoms. The number of hydrogen-bond donors (Lipinski definition) is 1. The van der Waals surface area contributed by atoms with Gasteiger partial charge in [-0.15, -0.1) is 0 Å². The van der Waals surface area contributed by atoms with E-state index < -0.39 is 28.3 Å². The molecule has 0 heterocycles. The zero-order valence-corrected chi connectivity index (χ0v) is 15.8. The molecule has 0 spiro atoms. The molecule has 0 aliphatic carbocycles. The molecule has 6 nitrogen and oxygen atoms in total. The zero-order valence-electron chi connectivity index (χ0n) is 14.2. The number of halogens is 2. The maximum atomic E-state index is 12.9. The lowest BCUT2D eigenvalue weighted by Crippen LogP contribution is -2.35. The number of nitrogens with one attached hydrogen (secondary N) is 1. The van der Waals surface area contributed by atoms with Crippen LogP contribution in [0.4, 0.5) is 10.1 Å². The predicted molar refractivity (Wildman–Crippen MR) is 97.5 cm³/mol. The fraction of sp³-hybridized carbons (Fsp3) is 0.235. The van der Waals surface area contributed by atoms with Gasteiger partial charge in [0, 0.05) is 17.8 Å². The molecule has 0 aliphatic rings. The number of amides is 1. The summed E-state index contributed by atoms with van der Waals surface area (Å²) in [6.07, 6.45) is 0. The van der Waals surface area contributed by atoms with E-state index in [1.165, 1.54) is 49.5 Å². The summed E-state index contributed by atoms with van der Waals surface area (Å²) >= 11 is 5.91. The summed E-state index contributed by atoms with van der Waals surface area (Å²) in [4.78, 5) is 12.0. The molecule has 2 aromatic carbocycles. The van der Waals surface area contributed by atoms with Gasteiger partial charge in [-0.2, -0.15) is 4.31 Å². The Morgan fingerprint density at radius 2 is 1.88 bits per heavy atom. The number of nitrogens with zero attached hydrogens (tertiary/aromatic N) is 1. The summed E-state index contributed by atoms with van der Waals surface area (Å²) in [7, 11) is -2.73. The fourth-order valence-corrected chi connectivity index (χ4v) is 3.66. The molecule has 1 N–H and O–H groups in total. The molecule has 0 unspecified atom stereocenters. The SMILES string of the molecule is CCOc1ccc(Cl)cc1S(=O)(=O)N(C)CC(=O)Nc1ccc(F)cc1. The number of hydrogen-bond acceptors (Lipinski definition) is 4. The number of carbonyl (C=O) groups excluding carboxylic acids is 1. The van der Waals surface area contributed by atoms with Gasteiger partial charge in [-0.05, 0) is 49.4 Å². The first kappa shape index (κ1) is 20.2. The van der Waals surface area contributed by atoms with Gasteiger partial charge in [-0.1, -0.05) is 11.6 Å². The van der Waals surface area contributed by atoms with Crippen molar-refractivity contribution in [2.75, 3.05) is 25.5 Å². The molecule has 1 amide bonds. The van der Waals surface area contributed by atoms with Gasteiger partial charge in [0.25, 0.3) is 0 Å². The highest BCUT2D eigenvalue weighted by atomic mass is 35.5. The van der Waals surface area contributed by atoms with Crippen LogP contribution >= 0.6 is 11.6 Å². The van der Waals surface area contributed by atoms with Crippen LogP contribution in [0, 0.1) is 5.82 Å². The minimum absolute atomic E-state index is 0.121. The van der Waals surface area contributed by atoms with E-state index in [9.17, 15) is 17.6 Å². The van der Waals surface area contributed by atoms with E-state index in [-0.39, 0.29) is 22.3 Å².